The van der Waals surface area contributed by atoms with E-state index < -0.39 is 0 Å². The third-order valence-electron chi connectivity index (χ3n) is 8.72. The van der Waals surface area contributed by atoms with Crippen LogP contribution in [0.3, 0.4) is 0 Å². The first-order valence-electron chi connectivity index (χ1n) is 18.1. The van der Waals surface area contributed by atoms with Crippen molar-refractivity contribution in [3.05, 3.63) is 54.6 Å². The van der Waals surface area contributed by atoms with Gasteiger partial charge in [0, 0.05) is 11.6 Å². The van der Waals surface area contributed by atoms with Crippen LogP contribution >= 0.6 is 11.3 Å². The molecular weight excluding hydrogens is 589 g/mol. The van der Waals surface area contributed by atoms with E-state index in [1.54, 1.807) is 6.07 Å². The fourth-order valence-corrected chi connectivity index (χ4v) is 6.76. The van der Waals surface area contributed by atoms with E-state index in [2.05, 4.69) is 60.4 Å². The number of rotatable bonds is 24. The lowest BCUT2D eigenvalue weighted by molar-refractivity contribution is 0.302. The Kier molecular flexibility index (Phi) is 16.2. The fraction of sp³-hybridized carbons (Fsp3) is 0.550. The third-order valence-corrected chi connectivity index (χ3v) is 9.72. The number of unbranched alkanes of at least 4 members (excludes halogenated alkanes) is 16. The summed E-state index contributed by atoms with van der Waals surface area (Å²) in [4.78, 5) is 0. The van der Waals surface area contributed by atoms with Crippen molar-refractivity contribution in [2.75, 3.05) is 13.2 Å². The molecule has 250 valence electrons. The second-order valence-electron chi connectivity index (χ2n) is 12.7. The van der Waals surface area contributed by atoms with Crippen LogP contribution in [0, 0.1) is 0 Å². The van der Waals surface area contributed by atoms with E-state index in [1.807, 2.05) is 12.1 Å². The molecule has 3 aromatic carbocycles. The maximum Gasteiger partial charge on any atom is 0.151 e. The Morgan fingerprint density at radius 1 is 0.522 bits per heavy atom. The van der Waals surface area contributed by atoms with Crippen LogP contribution in [0.25, 0.3) is 31.9 Å². The summed E-state index contributed by atoms with van der Waals surface area (Å²) in [6.07, 6.45) is 23.4. The van der Waals surface area contributed by atoms with Crippen molar-refractivity contribution < 1.29 is 14.6 Å². The SMILES string of the molecule is CCCCCCCCCCCCOc1ccc2cc(-c3nnc(-c4ccc(OCCCCCCCCCC)cc4O)s3)ccc2c1. The van der Waals surface area contributed by atoms with Crippen molar-refractivity contribution in [3.8, 4) is 38.4 Å². The monoisotopic (exact) mass is 644 g/mol. The van der Waals surface area contributed by atoms with Crippen LogP contribution in [0.5, 0.6) is 17.2 Å². The lowest BCUT2D eigenvalue weighted by Gasteiger charge is -2.08. The number of hydrogen-bond acceptors (Lipinski definition) is 6. The number of phenolic OH excluding ortho intramolecular Hbond substituents is 1. The third kappa shape index (κ3) is 12.2. The van der Waals surface area contributed by atoms with Gasteiger partial charge in [0.2, 0.25) is 0 Å². The molecule has 46 heavy (non-hydrogen) atoms. The summed E-state index contributed by atoms with van der Waals surface area (Å²) in [6, 6.07) is 18.1. The highest BCUT2D eigenvalue weighted by molar-refractivity contribution is 7.18. The normalized spacial score (nSPS) is 11.3. The van der Waals surface area contributed by atoms with Gasteiger partial charge in [-0.15, -0.1) is 10.2 Å². The van der Waals surface area contributed by atoms with Crippen molar-refractivity contribution in [2.24, 2.45) is 0 Å². The van der Waals surface area contributed by atoms with Gasteiger partial charge in [-0.1, -0.05) is 146 Å². The van der Waals surface area contributed by atoms with Crippen LogP contribution < -0.4 is 9.47 Å². The summed E-state index contributed by atoms with van der Waals surface area (Å²) in [7, 11) is 0. The van der Waals surface area contributed by atoms with E-state index in [-0.39, 0.29) is 5.75 Å². The summed E-state index contributed by atoms with van der Waals surface area (Å²) in [5.74, 6) is 1.78. The maximum atomic E-state index is 10.7. The summed E-state index contributed by atoms with van der Waals surface area (Å²) < 4.78 is 12.0. The molecule has 0 amide bonds. The van der Waals surface area contributed by atoms with Crippen LogP contribution in [0.2, 0.25) is 0 Å². The second-order valence-corrected chi connectivity index (χ2v) is 13.6. The number of aromatic nitrogens is 2. The molecule has 1 aromatic heterocycles. The molecule has 0 atom stereocenters. The van der Waals surface area contributed by atoms with Crippen molar-refractivity contribution >= 4 is 22.1 Å². The molecule has 0 unspecified atom stereocenters. The number of ether oxygens (including phenoxy) is 2. The zero-order valence-corrected chi connectivity index (χ0v) is 29.2. The van der Waals surface area contributed by atoms with Gasteiger partial charge in [-0.3, -0.25) is 0 Å². The molecular formula is C40H56N2O3S. The van der Waals surface area contributed by atoms with Gasteiger partial charge in [0.05, 0.1) is 18.8 Å². The molecule has 0 radical (unpaired) electrons. The van der Waals surface area contributed by atoms with Crippen molar-refractivity contribution in [2.45, 2.75) is 129 Å². The van der Waals surface area contributed by atoms with Crippen LogP contribution in [0.4, 0.5) is 0 Å². The number of aromatic hydroxyl groups is 1. The second kappa shape index (κ2) is 20.9. The smallest absolute Gasteiger partial charge is 0.151 e. The maximum absolute atomic E-state index is 10.7. The highest BCUT2D eigenvalue weighted by Crippen LogP contribution is 2.37. The molecule has 6 heteroatoms. The zero-order valence-electron chi connectivity index (χ0n) is 28.4. The van der Waals surface area contributed by atoms with Crippen molar-refractivity contribution in [3.63, 3.8) is 0 Å². The van der Waals surface area contributed by atoms with Crippen molar-refractivity contribution in [1.29, 1.82) is 0 Å². The van der Waals surface area contributed by atoms with E-state index in [4.69, 9.17) is 9.47 Å². The Balaban J connectivity index is 1.20. The molecule has 0 spiro atoms. The van der Waals surface area contributed by atoms with E-state index in [0.29, 0.717) is 22.9 Å². The Morgan fingerprint density at radius 3 is 1.59 bits per heavy atom. The molecule has 4 aromatic rings. The Morgan fingerprint density at radius 2 is 1.00 bits per heavy atom. The minimum Gasteiger partial charge on any atom is -0.507 e. The van der Waals surface area contributed by atoms with E-state index in [1.165, 1.54) is 114 Å². The average molecular weight is 645 g/mol. The van der Waals surface area contributed by atoms with Gasteiger partial charge in [-0.05, 0) is 53.9 Å². The summed E-state index contributed by atoms with van der Waals surface area (Å²) >= 11 is 1.48. The Bertz CT molecular complexity index is 1420. The average Bonchev–Trinajstić information content (AvgIpc) is 3.56. The van der Waals surface area contributed by atoms with Gasteiger partial charge < -0.3 is 14.6 Å². The minimum atomic E-state index is 0.167. The van der Waals surface area contributed by atoms with Crippen LogP contribution in [0.1, 0.15) is 129 Å². The number of phenols is 1. The predicted molar refractivity (Wildman–Crippen MR) is 195 cm³/mol. The van der Waals surface area contributed by atoms with E-state index >= 15 is 0 Å². The quantitative estimate of drug-likeness (QED) is 0.0769. The molecule has 1 heterocycles. The first kappa shape index (κ1) is 35.7. The number of benzene rings is 3. The molecule has 0 aliphatic carbocycles. The fourth-order valence-electron chi connectivity index (χ4n) is 5.88. The van der Waals surface area contributed by atoms with Gasteiger partial charge in [0.15, 0.2) is 5.01 Å². The first-order chi connectivity index (χ1) is 22.7. The summed E-state index contributed by atoms with van der Waals surface area (Å²) in [6.45, 7) is 5.97. The van der Waals surface area contributed by atoms with Gasteiger partial charge in [0.25, 0.3) is 0 Å². The Hall–Kier alpha value is -3.12. The molecule has 0 aliphatic rings. The molecule has 0 bridgehead atoms. The lowest BCUT2D eigenvalue weighted by atomic mass is 10.1. The molecule has 0 fully saturated rings. The number of fused-ring (bicyclic) bond motifs is 1. The molecule has 0 saturated carbocycles. The molecule has 1 N–H and O–H groups in total. The molecule has 0 aliphatic heterocycles. The predicted octanol–water partition coefficient (Wildman–Crippen LogP) is 12.6. The topological polar surface area (TPSA) is 64.5 Å². The lowest BCUT2D eigenvalue weighted by Crippen LogP contribution is -1.97. The summed E-state index contributed by atoms with van der Waals surface area (Å²) in [5.41, 5.74) is 1.69. The van der Waals surface area contributed by atoms with Crippen LogP contribution in [-0.4, -0.2) is 28.5 Å². The minimum absolute atomic E-state index is 0.167. The molecule has 5 nitrogen and oxygen atoms in total. The van der Waals surface area contributed by atoms with Crippen LogP contribution in [0.15, 0.2) is 54.6 Å². The molecule has 0 saturated heterocycles. The largest absolute Gasteiger partial charge is 0.507 e. The summed E-state index contributed by atoms with van der Waals surface area (Å²) in [5, 5.41) is 23.4. The van der Waals surface area contributed by atoms with Gasteiger partial charge in [-0.25, -0.2) is 0 Å². The van der Waals surface area contributed by atoms with Crippen LogP contribution in [-0.2, 0) is 0 Å². The highest BCUT2D eigenvalue weighted by Gasteiger charge is 2.14. The van der Waals surface area contributed by atoms with Gasteiger partial charge in [0.1, 0.15) is 22.3 Å². The standard InChI is InChI=1S/C40H56N2O3S/c1-3-5-7-9-11-13-14-16-18-19-27-44-35-24-23-32-29-34(22-21-33(32)30-35)39-41-42-40(46-39)37-26-25-36(31-38(37)43)45-28-20-17-15-12-10-8-6-4-2/h21-26,29-31,43H,3-20,27-28H2,1-2H3. The first-order valence-corrected chi connectivity index (χ1v) is 19.0. The number of nitrogens with zero attached hydrogens (tertiary/aromatic N) is 2. The van der Waals surface area contributed by atoms with Gasteiger partial charge >= 0.3 is 0 Å². The van der Waals surface area contributed by atoms with E-state index in [0.717, 1.165) is 46.5 Å². The highest BCUT2D eigenvalue weighted by atomic mass is 32.1. The zero-order chi connectivity index (χ0) is 32.2. The van der Waals surface area contributed by atoms with E-state index in [9.17, 15) is 5.11 Å². The Labute approximate surface area is 281 Å². The van der Waals surface area contributed by atoms with Crippen molar-refractivity contribution in [1.82, 2.24) is 10.2 Å². The van der Waals surface area contributed by atoms with Gasteiger partial charge in [-0.2, -0.15) is 0 Å². The number of hydrogen-bond donors (Lipinski definition) is 1. The molecule has 4 rings (SSSR count).